The molecular formula is C12H12FN. The summed E-state index contributed by atoms with van der Waals surface area (Å²) in [6.07, 6.45) is 4.60. The summed E-state index contributed by atoms with van der Waals surface area (Å²) in [5, 5.41) is 1.30. The molecule has 1 N–H and O–H groups in total. The molecule has 14 heavy (non-hydrogen) atoms. The number of hydrogen-bond acceptors (Lipinski definition) is 0. The fourth-order valence-corrected chi connectivity index (χ4v) is 1.27. The third-order valence-electron chi connectivity index (χ3n) is 1.92. The van der Waals surface area contributed by atoms with Crippen LogP contribution in [-0.4, -0.2) is 4.98 Å². The van der Waals surface area contributed by atoms with E-state index in [-0.39, 0.29) is 0 Å². The van der Waals surface area contributed by atoms with Crippen molar-refractivity contribution in [3.8, 4) is 0 Å². The maximum Gasteiger partial charge on any atom is 0.118 e. The topological polar surface area (TPSA) is 15.8 Å². The van der Waals surface area contributed by atoms with E-state index in [1.54, 1.807) is 12.2 Å². The van der Waals surface area contributed by atoms with Gasteiger partial charge in [0.05, 0.1) is 0 Å². The van der Waals surface area contributed by atoms with Crippen LogP contribution >= 0.6 is 0 Å². The van der Waals surface area contributed by atoms with Crippen LogP contribution in [0.3, 0.4) is 0 Å². The van der Waals surface area contributed by atoms with Gasteiger partial charge in [0.1, 0.15) is 5.83 Å². The minimum absolute atomic E-state index is 0.512. The second kappa shape index (κ2) is 3.92. The third kappa shape index (κ3) is 1.74. The third-order valence-corrected chi connectivity index (χ3v) is 1.92. The van der Waals surface area contributed by atoms with Crippen LogP contribution in [0, 0.1) is 0 Å². The molecular weight excluding hydrogens is 177 g/mol. The van der Waals surface area contributed by atoms with Crippen molar-refractivity contribution in [1.29, 1.82) is 0 Å². The zero-order valence-electron chi connectivity index (χ0n) is 7.94. The minimum atomic E-state index is -0.512. The molecule has 0 amide bonds. The predicted octanol–water partition coefficient (Wildman–Crippen LogP) is 1.97. The number of aromatic nitrogens is 1. The van der Waals surface area contributed by atoms with Crippen molar-refractivity contribution in [2.45, 2.75) is 0 Å². The number of rotatable bonds is 3. The van der Waals surface area contributed by atoms with E-state index >= 15 is 0 Å². The highest BCUT2D eigenvalue weighted by atomic mass is 19.1. The number of nitrogens with one attached hydrogen (secondary N) is 1. The van der Waals surface area contributed by atoms with Crippen LogP contribution in [0.5, 0.6) is 0 Å². The van der Waals surface area contributed by atoms with Crippen molar-refractivity contribution in [2.24, 2.45) is 0 Å². The lowest BCUT2D eigenvalue weighted by molar-refractivity contribution is 0.683. The molecule has 2 heteroatoms. The van der Waals surface area contributed by atoms with Gasteiger partial charge >= 0.3 is 0 Å². The Balaban J connectivity index is 3.58. The number of aromatic amines is 1. The summed E-state index contributed by atoms with van der Waals surface area (Å²) in [6.45, 7) is 14.3. The van der Waals surface area contributed by atoms with Gasteiger partial charge in [0.25, 0.3) is 0 Å². The smallest absolute Gasteiger partial charge is 0.118 e. The first-order chi connectivity index (χ1) is 6.60. The number of allylic oxidation sites excluding steroid dienone is 1. The molecule has 0 aliphatic rings. The molecule has 0 aromatic carbocycles. The molecule has 0 bridgehead atoms. The van der Waals surface area contributed by atoms with Crippen LogP contribution in [-0.2, 0) is 0 Å². The summed E-state index contributed by atoms with van der Waals surface area (Å²) in [4.78, 5) is 2.97. The van der Waals surface area contributed by atoms with Crippen molar-refractivity contribution in [3.63, 3.8) is 0 Å². The normalized spacial score (nSPS) is 11.4. The first-order valence-corrected chi connectivity index (χ1v) is 4.12. The Morgan fingerprint density at radius 1 is 1.29 bits per heavy atom. The van der Waals surface area contributed by atoms with Crippen LogP contribution in [0.4, 0.5) is 4.39 Å². The maximum absolute atomic E-state index is 12.6. The van der Waals surface area contributed by atoms with E-state index < -0.39 is 5.83 Å². The molecule has 1 nitrogen and oxygen atoms in total. The summed E-state index contributed by atoms with van der Waals surface area (Å²) >= 11 is 0. The van der Waals surface area contributed by atoms with Crippen molar-refractivity contribution in [1.82, 2.24) is 4.98 Å². The molecule has 1 rings (SSSR count). The quantitative estimate of drug-likeness (QED) is 0.748. The van der Waals surface area contributed by atoms with Gasteiger partial charge in [-0.1, -0.05) is 32.4 Å². The highest BCUT2D eigenvalue weighted by Gasteiger charge is 2.00. The van der Waals surface area contributed by atoms with E-state index in [1.807, 2.05) is 0 Å². The lowest BCUT2D eigenvalue weighted by atomic mass is 10.2. The van der Waals surface area contributed by atoms with Crippen LogP contribution in [0.15, 0.2) is 25.6 Å². The summed E-state index contributed by atoms with van der Waals surface area (Å²) in [5.74, 6) is -0.512. The highest BCUT2D eigenvalue weighted by Crippen LogP contribution is 2.01. The Bertz CT molecular complexity index is 491. The maximum atomic E-state index is 12.6. The molecule has 0 unspecified atom stereocenters. The van der Waals surface area contributed by atoms with Gasteiger partial charge in [0, 0.05) is 21.8 Å². The molecule has 0 aliphatic heterocycles. The molecule has 1 aromatic heterocycles. The van der Waals surface area contributed by atoms with Gasteiger partial charge in [-0.25, -0.2) is 4.39 Å². The van der Waals surface area contributed by atoms with Crippen molar-refractivity contribution >= 4 is 24.8 Å². The molecule has 0 fully saturated rings. The number of halogens is 1. The van der Waals surface area contributed by atoms with E-state index in [1.165, 1.54) is 6.08 Å². The van der Waals surface area contributed by atoms with E-state index in [0.717, 1.165) is 11.3 Å². The fourth-order valence-electron chi connectivity index (χ4n) is 1.27. The molecule has 0 spiro atoms. The second-order valence-electron chi connectivity index (χ2n) is 2.84. The molecule has 1 heterocycles. The Morgan fingerprint density at radius 3 is 2.29 bits per heavy atom. The summed E-state index contributed by atoms with van der Waals surface area (Å²) in [6, 6.07) is 0. The van der Waals surface area contributed by atoms with Crippen LogP contribution in [0.1, 0.15) is 11.3 Å². The predicted molar refractivity (Wildman–Crippen MR) is 60.5 cm³/mol. The molecule has 0 atom stereocenters. The monoisotopic (exact) mass is 189 g/mol. The van der Waals surface area contributed by atoms with Gasteiger partial charge in [-0.15, -0.1) is 0 Å². The van der Waals surface area contributed by atoms with Gasteiger partial charge in [-0.2, -0.15) is 0 Å². The van der Waals surface area contributed by atoms with Crippen LogP contribution < -0.4 is 10.6 Å². The van der Waals surface area contributed by atoms with E-state index in [4.69, 9.17) is 0 Å². The molecule has 72 valence electrons. The number of H-pyrrole nitrogens is 1. The largest absolute Gasteiger partial charge is 0.354 e. The van der Waals surface area contributed by atoms with Gasteiger partial charge < -0.3 is 4.98 Å². The SMILES string of the molecule is C=Cc1[nH]/c(=C/C(=C)F)c(=C)c1C=C. The zero-order chi connectivity index (χ0) is 10.7. The highest BCUT2D eigenvalue weighted by molar-refractivity contribution is 5.63. The minimum Gasteiger partial charge on any atom is -0.354 e. The molecule has 0 saturated carbocycles. The lowest BCUT2D eigenvalue weighted by Gasteiger charge is -1.87. The van der Waals surface area contributed by atoms with Gasteiger partial charge in [-0.3, -0.25) is 0 Å². The van der Waals surface area contributed by atoms with E-state index in [9.17, 15) is 4.39 Å². The molecule has 1 aromatic rings. The fraction of sp³-hybridized carbons (Fsp3) is 0. The number of hydrogen-bond donors (Lipinski definition) is 1. The van der Waals surface area contributed by atoms with Crippen molar-refractivity contribution in [2.75, 3.05) is 0 Å². The second-order valence-corrected chi connectivity index (χ2v) is 2.84. The Kier molecular flexibility index (Phi) is 2.87. The Morgan fingerprint density at radius 2 is 1.93 bits per heavy atom. The average molecular weight is 189 g/mol. The first-order valence-electron chi connectivity index (χ1n) is 4.12. The van der Waals surface area contributed by atoms with Crippen LogP contribution in [0.2, 0.25) is 0 Å². The van der Waals surface area contributed by atoms with Gasteiger partial charge in [0.2, 0.25) is 0 Å². The summed E-state index contributed by atoms with van der Waals surface area (Å²) in [7, 11) is 0. The Labute approximate surface area is 82.3 Å². The summed E-state index contributed by atoms with van der Waals surface area (Å²) in [5.41, 5.74) is 1.63. The standard InChI is InChI=1S/C12H12FN/c1-5-10-9(4)12(7-8(3)13)14-11(10)6-2/h5-7,14H,1-4H2/b12-7+. The van der Waals surface area contributed by atoms with Gasteiger partial charge in [-0.05, 0) is 12.2 Å². The van der Waals surface area contributed by atoms with Gasteiger partial charge in [0.15, 0.2) is 0 Å². The first kappa shape index (κ1) is 10.3. The molecule has 0 saturated heterocycles. The van der Waals surface area contributed by atoms with Crippen molar-refractivity contribution < 1.29 is 4.39 Å². The molecule has 0 aliphatic carbocycles. The average Bonchev–Trinajstić information content (AvgIpc) is 2.42. The van der Waals surface area contributed by atoms with Crippen molar-refractivity contribution in [3.05, 3.63) is 47.4 Å². The lowest BCUT2D eigenvalue weighted by Crippen LogP contribution is -2.22. The Hall–Kier alpha value is -1.83. The van der Waals surface area contributed by atoms with Crippen LogP contribution in [0.25, 0.3) is 24.8 Å². The van der Waals surface area contributed by atoms with E-state index in [0.29, 0.717) is 10.6 Å². The zero-order valence-corrected chi connectivity index (χ0v) is 7.94. The summed E-state index contributed by atoms with van der Waals surface area (Å²) < 4.78 is 12.6. The molecule has 0 radical (unpaired) electrons. The van der Waals surface area contributed by atoms with E-state index in [2.05, 4.69) is 31.3 Å².